The summed E-state index contributed by atoms with van der Waals surface area (Å²) in [6.45, 7) is 5.91. The SMILES string of the molecule is C=C(F)C(=O)N1CCN(c2ncnc3ccc(-c4cnc(OC)c(NS(=O)(=O)c5c(F)cccc5F)c4)cc23)[C@@H](C)C1. The summed E-state index contributed by atoms with van der Waals surface area (Å²) in [5.41, 5.74) is 1.57. The largest absolute Gasteiger partial charge is 0.480 e. The topological polar surface area (TPSA) is 118 Å². The Morgan fingerprint density at radius 2 is 1.81 bits per heavy atom. The number of amides is 1. The Morgan fingerprint density at radius 3 is 2.48 bits per heavy atom. The molecule has 1 aliphatic rings. The molecular formula is C28H25F3N6O4S. The Labute approximate surface area is 239 Å². The summed E-state index contributed by atoms with van der Waals surface area (Å²) in [6, 6.07) is 9.29. The molecule has 0 bridgehead atoms. The number of halogens is 3. The van der Waals surface area contributed by atoms with Crippen LogP contribution in [0.5, 0.6) is 5.88 Å². The van der Waals surface area contributed by atoms with Crippen molar-refractivity contribution in [3.05, 3.63) is 79.0 Å². The quantitative estimate of drug-likeness (QED) is 0.313. The first-order valence-electron chi connectivity index (χ1n) is 12.7. The van der Waals surface area contributed by atoms with Gasteiger partial charge >= 0.3 is 0 Å². The summed E-state index contributed by atoms with van der Waals surface area (Å²) in [7, 11) is -3.41. The molecule has 0 radical (unpaired) electrons. The minimum atomic E-state index is -4.69. The van der Waals surface area contributed by atoms with Gasteiger partial charge in [0, 0.05) is 42.8 Å². The van der Waals surface area contributed by atoms with Crippen molar-refractivity contribution in [2.45, 2.75) is 17.9 Å². The van der Waals surface area contributed by atoms with E-state index in [-0.39, 0.29) is 30.7 Å². The molecule has 1 fully saturated rings. The molecule has 42 heavy (non-hydrogen) atoms. The zero-order valence-corrected chi connectivity index (χ0v) is 23.3. The van der Waals surface area contributed by atoms with E-state index >= 15 is 0 Å². The van der Waals surface area contributed by atoms with E-state index in [1.807, 2.05) is 11.8 Å². The fraction of sp³-hybridized carbons (Fsp3) is 0.214. The first kappa shape index (κ1) is 28.8. The number of carbonyl (C=O) groups is 1. The van der Waals surface area contributed by atoms with E-state index in [1.54, 1.807) is 18.2 Å². The standard InChI is InChI=1S/C28H25F3N6O4S/c1-16-14-36(28(38)17(2)29)9-10-37(16)26-20-11-18(7-8-23(20)33-15-34-26)19-12-24(27(41-3)32-13-19)35-42(39,40)25-21(30)5-4-6-22(25)31/h4-8,11-13,15-16,35H,2,9-10,14H2,1,3H3/t16-/m0/s1. The van der Waals surface area contributed by atoms with Gasteiger partial charge in [0.2, 0.25) is 5.88 Å². The van der Waals surface area contributed by atoms with Crippen molar-refractivity contribution in [3.63, 3.8) is 0 Å². The molecule has 1 amide bonds. The lowest BCUT2D eigenvalue weighted by Crippen LogP contribution is -2.54. The minimum Gasteiger partial charge on any atom is -0.480 e. The van der Waals surface area contributed by atoms with Crippen molar-refractivity contribution in [2.75, 3.05) is 36.4 Å². The van der Waals surface area contributed by atoms with E-state index in [0.29, 0.717) is 34.4 Å². The second-order valence-electron chi connectivity index (χ2n) is 9.56. The number of nitrogens with one attached hydrogen (secondary N) is 1. The summed E-state index contributed by atoms with van der Waals surface area (Å²) >= 11 is 0. The molecule has 0 saturated carbocycles. The average molecular weight is 599 g/mol. The number of ether oxygens (including phenoxy) is 1. The lowest BCUT2D eigenvalue weighted by atomic mass is 10.0. The van der Waals surface area contributed by atoms with E-state index < -0.39 is 38.3 Å². The maximum Gasteiger partial charge on any atom is 0.282 e. The molecule has 218 valence electrons. The fourth-order valence-electron chi connectivity index (χ4n) is 4.86. The van der Waals surface area contributed by atoms with Crippen molar-refractivity contribution < 1.29 is 31.1 Å². The first-order chi connectivity index (χ1) is 20.0. The molecule has 3 heterocycles. The molecule has 14 heteroatoms. The lowest BCUT2D eigenvalue weighted by molar-refractivity contribution is -0.129. The fourth-order valence-corrected chi connectivity index (χ4v) is 6.05. The Bertz CT molecular complexity index is 1800. The monoisotopic (exact) mass is 598 g/mol. The third kappa shape index (κ3) is 5.44. The Balaban J connectivity index is 1.51. The zero-order chi connectivity index (χ0) is 30.2. The number of fused-ring (bicyclic) bond motifs is 1. The highest BCUT2D eigenvalue weighted by atomic mass is 32.2. The van der Waals surface area contributed by atoms with Gasteiger partial charge < -0.3 is 14.5 Å². The molecule has 2 aromatic heterocycles. The van der Waals surface area contributed by atoms with Gasteiger partial charge in [0.1, 0.15) is 29.5 Å². The number of hydrogen-bond donors (Lipinski definition) is 1. The number of nitrogens with zero attached hydrogens (tertiary/aromatic N) is 5. The van der Waals surface area contributed by atoms with Crippen LogP contribution in [0.4, 0.5) is 24.7 Å². The van der Waals surface area contributed by atoms with E-state index in [0.717, 1.165) is 18.2 Å². The molecule has 4 aromatic rings. The maximum absolute atomic E-state index is 14.3. The Morgan fingerprint density at radius 1 is 1.07 bits per heavy atom. The zero-order valence-electron chi connectivity index (χ0n) is 22.5. The van der Waals surface area contributed by atoms with Gasteiger partial charge in [-0.2, -0.15) is 0 Å². The molecule has 1 saturated heterocycles. The summed E-state index contributed by atoms with van der Waals surface area (Å²) in [4.78, 5) is 27.4. The predicted molar refractivity (Wildman–Crippen MR) is 150 cm³/mol. The van der Waals surface area contributed by atoms with Crippen LogP contribution < -0.4 is 14.4 Å². The molecule has 2 aromatic carbocycles. The summed E-state index contributed by atoms with van der Waals surface area (Å²) in [5.74, 6) is -3.77. The highest BCUT2D eigenvalue weighted by molar-refractivity contribution is 7.92. The molecule has 1 aliphatic heterocycles. The molecule has 1 N–H and O–H groups in total. The van der Waals surface area contributed by atoms with Crippen molar-refractivity contribution in [2.24, 2.45) is 0 Å². The number of aromatic nitrogens is 3. The molecular weight excluding hydrogens is 573 g/mol. The van der Waals surface area contributed by atoms with Crippen molar-refractivity contribution in [3.8, 4) is 17.0 Å². The normalized spacial score (nSPS) is 15.5. The van der Waals surface area contributed by atoms with E-state index in [9.17, 15) is 26.4 Å². The molecule has 10 nitrogen and oxygen atoms in total. The highest BCUT2D eigenvalue weighted by Gasteiger charge is 2.30. The van der Waals surface area contributed by atoms with Crippen LogP contribution in [0.25, 0.3) is 22.0 Å². The van der Waals surface area contributed by atoms with Crippen LogP contribution in [0.15, 0.2) is 72.3 Å². The number of sulfonamides is 1. The van der Waals surface area contributed by atoms with E-state index in [4.69, 9.17) is 4.74 Å². The summed E-state index contributed by atoms with van der Waals surface area (Å²) in [5, 5.41) is 0.669. The lowest BCUT2D eigenvalue weighted by Gasteiger charge is -2.40. The number of rotatable bonds is 7. The second-order valence-corrected chi connectivity index (χ2v) is 11.2. The molecule has 0 spiro atoms. The van der Waals surface area contributed by atoms with Gasteiger partial charge in [-0.05, 0) is 42.8 Å². The predicted octanol–water partition coefficient (Wildman–Crippen LogP) is 4.30. The number of methoxy groups -OCH3 is 1. The number of carbonyl (C=O) groups excluding carboxylic acids is 1. The van der Waals surface area contributed by atoms with Gasteiger partial charge in [-0.25, -0.2) is 36.5 Å². The van der Waals surface area contributed by atoms with Gasteiger partial charge in [0.05, 0.1) is 12.6 Å². The van der Waals surface area contributed by atoms with Gasteiger partial charge in [-0.1, -0.05) is 18.7 Å². The van der Waals surface area contributed by atoms with Gasteiger partial charge in [-0.3, -0.25) is 9.52 Å². The van der Waals surface area contributed by atoms with Gasteiger partial charge in [0.25, 0.3) is 15.9 Å². The average Bonchev–Trinajstić information content (AvgIpc) is 2.95. The van der Waals surface area contributed by atoms with Crippen LogP contribution in [0, 0.1) is 11.6 Å². The number of benzene rings is 2. The molecule has 0 unspecified atom stereocenters. The summed E-state index contributed by atoms with van der Waals surface area (Å²) < 4.78 is 75.2. The van der Waals surface area contributed by atoms with E-state index in [1.165, 1.54) is 30.6 Å². The number of pyridine rings is 1. The van der Waals surface area contributed by atoms with Crippen LogP contribution in [0.1, 0.15) is 6.92 Å². The Kier molecular flexibility index (Phi) is 7.73. The van der Waals surface area contributed by atoms with Gasteiger partial charge in [-0.15, -0.1) is 0 Å². The number of piperazine rings is 1. The number of anilines is 2. The number of hydrogen-bond acceptors (Lipinski definition) is 8. The van der Waals surface area contributed by atoms with Crippen molar-refractivity contribution >= 4 is 38.3 Å². The molecule has 0 aliphatic carbocycles. The minimum absolute atomic E-state index is 0.110. The first-order valence-corrected chi connectivity index (χ1v) is 14.1. The van der Waals surface area contributed by atoms with Crippen molar-refractivity contribution in [1.29, 1.82) is 0 Å². The van der Waals surface area contributed by atoms with Crippen LogP contribution in [0.2, 0.25) is 0 Å². The third-order valence-electron chi connectivity index (χ3n) is 6.84. The third-order valence-corrected chi connectivity index (χ3v) is 8.26. The van der Waals surface area contributed by atoms with Gasteiger partial charge in [0.15, 0.2) is 10.7 Å². The van der Waals surface area contributed by atoms with Crippen LogP contribution in [-0.2, 0) is 14.8 Å². The maximum atomic E-state index is 14.3. The molecule has 5 rings (SSSR count). The smallest absolute Gasteiger partial charge is 0.282 e. The second kappa shape index (κ2) is 11.3. The van der Waals surface area contributed by atoms with Crippen LogP contribution in [-0.4, -0.2) is 67.0 Å². The van der Waals surface area contributed by atoms with E-state index in [2.05, 4.69) is 26.3 Å². The molecule has 1 atom stereocenters. The summed E-state index contributed by atoms with van der Waals surface area (Å²) in [6.07, 6.45) is 2.89. The van der Waals surface area contributed by atoms with Crippen LogP contribution in [0.3, 0.4) is 0 Å². The Hall–Kier alpha value is -4.72. The highest BCUT2D eigenvalue weighted by Crippen LogP contribution is 2.34. The van der Waals surface area contributed by atoms with Crippen molar-refractivity contribution in [1.82, 2.24) is 19.9 Å². The van der Waals surface area contributed by atoms with Crippen LogP contribution >= 0.6 is 0 Å².